The van der Waals surface area contributed by atoms with Gasteiger partial charge in [-0.05, 0) is 65.7 Å². The number of allylic oxidation sites excluding steroid dienone is 4. The number of rotatable bonds is 1. The lowest BCUT2D eigenvalue weighted by atomic mass is 9.82. The Kier molecular flexibility index (Phi) is 4.79. The fourth-order valence-electron chi connectivity index (χ4n) is 2.26. The first-order valence-corrected chi connectivity index (χ1v) is 6.43. The Labute approximate surface area is 100 Å². The second-order valence-electron chi connectivity index (χ2n) is 5.76. The van der Waals surface area contributed by atoms with Crippen LogP contribution in [0.25, 0.3) is 0 Å². The monoisotopic (exact) mass is 222 g/mol. The molecule has 1 heteroatoms. The van der Waals surface area contributed by atoms with E-state index >= 15 is 0 Å². The molecular weight excluding hydrogens is 196 g/mol. The van der Waals surface area contributed by atoms with Crippen LogP contribution in [-0.2, 0) is 0 Å². The third-order valence-corrected chi connectivity index (χ3v) is 3.67. The van der Waals surface area contributed by atoms with Crippen LogP contribution < -0.4 is 0 Å². The van der Waals surface area contributed by atoms with Gasteiger partial charge < -0.3 is 5.11 Å². The van der Waals surface area contributed by atoms with Crippen molar-refractivity contribution in [1.29, 1.82) is 0 Å². The molecule has 1 rings (SSSR count). The van der Waals surface area contributed by atoms with Crippen molar-refractivity contribution in [2.24, 2.45) is 5.92 Å². The van der Waals surface area contributed by atoms with Crippen molar-refractivity contribution in [2.45, 2.75) is 65.4 Å². The van der Waals surface area contributed by atoms with Crippen molar-refractivity contribution in [1.82, 2.24) is 0 Å². The van der Waals surface area contributed by atoms with Gasteiger partial charge >= 0.3 is 0 Å². The Hall–Kier alpha value is -0.560. The Morgan fingerprint density at radius 3 is 2.38 bits per heavy atom. The van der Waals surface area contributed by atoms with E-state index in [1.54, 1.807) is 0 Å². The zero-order valence-corrected chi connectivity index (χ0v) is 11.2. The first kappa shape index (κ1) is 13.5. The van der Waals surface area contributed by atoms with Gasteiger partial charge in [-0.15, -0.1) is 0 Å². The van der Waals surface area contributed by atoms with Gasteiger partial charge in [0.15, 0.2) is 0 Å². The normalized spacial score (nSPS) is 31.2. The van der Waals surface area contributed by atoms with Gasteiger partial charge in [0.25, 0.3) is 0 Å². The van der Waals surface area contributed by atoms with E-state index in [9.17, 15) is 5.11 Å². The van der Waals surface area contributed by atoms with Gasteiger partial charge in [-0.2, -0.15) is 0 Å². The summed E-state index contributed by atoms with van der Waals surface area (Å²) >= 11 is 0. The average molecular weight is 222 g/mol. The van der Waals surface area contributed by atoms with Crippen molar-refractivity contribution < 1.29 is 5.11 Å². The van der Waals surface area contributed by atoms with Gasteiger partial charge in [-0.25, -0.2) is 0 Å². The lowest BCUT2D eigenvalue weighted by Gasteiger charge is -2.29. The van der Waals surface area contributed by atoms with E-state index in [1.807, 2.05) is 13.8 Å². The van der Waals surface area contributed by atoms with Crippen LogP contribution in [0.5, 0.6) is 0 Å². The molecule has 0 saturated heterocycles. The van der Waals surface area contributed by atoms with E-state index < -0.39 is 5.60 Å². The Bertz CT molecular complexity index is 278. The predicted molar refractivity (Wildman–Crippen MR) is 70.4 cm³/mol. The van der Waals surface area contributed by atoms with Crippen molar-refractivity contribution in [3.8, 4) is 0 Å². The highest BCUT2D eigenvalue weighted by molar-refractivity contribution is 5.06. The van der Waals surface area contributed by atoms with Gasteiger partial charge in [0.2, 0.25) is 0 Å². The predicted octanol–water partition coefficient (Wildman–Crippen LogP) is 4.23. The molecule has 1 nitrogen and oxygen atoms in total. The molecule has 16 heavy (non-hydrogen) atoms. The van der Waals surface area contributed by atoms with E-state index in [0.29, 0.717) is 5.92 Å². The molecule has 0 aromatic heterocycles. The molecule has 0 bridgehead atoms. The fraction of sp³-hybridized carbons (Fsp3) is 0.733. The van der Waals surface area contributed by atoms with Crippen LogP contribution in [0.4, 0.5) is 0 Å². The number of hydrogen-bond donors (Lipinski definition) is 1. The number of hydrogen-bond acceptors (Lipinski definition) is 1. The van der Waals surface area contributed by atoms with Crippen LogP contribution in [0.15, 0.2) is 23.3 Å². The van der Waals surface area contributed by atoms with E-state index in [0.717, 1.165) is 25.7 Å². The molecule has 0 radical (unpaired) electrons. The lowest BCUT2D eigenvalue weighted by Crippen LogP contribution is -2.30. The van der Waals surface area contributed by atoms with Crippen molar-refractivity contribution in [3.05, 3.63) is 23.3 Å². The maximum absolute atomic E-state index is 10.1. The summed E-state index contributed by atoms with van der Waals surface area (Å²) in [5.74, 6) is 0.379. The molecule has 0 amide bonds. The molecule has 0 heterocycles. The van der Waals surface area contributed by atoms with Crippen LogP contribution in [0.3, 0.4) is 0 Å². The third-order valence-electron chi connectivity index (χ3n) is 3.67. The summed E-state index contributed by atoms with van der Waals surface area (Å²) in [5, 5.41) is 10.1. The Morgan fingerprint density at radius 2 is 1.75 bits per heavy atom. The highest BCUT2D eigenvalue weighted by atomic mass is 16.3. The SMILES string of the molecule is C/C1=C\C[C@@H](C(C)(C)O)CC/C(C)=C/CC1. The molecule has 0 aromatic rings. The first-order chi connectivity index (χ1) is 7.39. The molecule has 1 aliphatic rings. The van der Waals surface area contributed by atoms with Crippen LogP contribution in [0, 0.1) is 5.92 Å². The zero-order valence-electron chi connectivity index (χ0n) is 11.2. The molecule has 1 aliphatic carbocycles. The van der Waals surface area contributed by atoms with Crippen molar-refractivity contribution in [2.75, 3.05) is 0 Å². The fourth-order valence-corrected chi connectivity index (χ4v) is 2.26. The molecule has 0 saturated carbocycles. The van der Waals surface area contributed by atoms with Gasteiger partial charge in [0, 0.05) is 0 Å². The van der Waals surface area contributed by atoms with Crippen LogP contribution in [-0.4, -0.2) is 10.7 Å². The summed E-state index contributed by atoms with van der Waals surface area (Å²) in [5.41, 5.74) is 2.38. The second-order valence-corrected chi connectivity index (χ2v) is 5.76. The topological polar surface area (TPSA) is 20.2 Å². The minimum absolute atomic E-state index is 0.379. The highest BCUT2D eigenvalue weighted by Crippen LogP contribution is 2.29. The van der Waals surface area contributed by atoms with E-state index in [2.05, 4.69) is 26.0 Å². The van der Waals surface area contributed by atoms with E-state index in [-0.39, 0.29) is 0 Å². The van der Waals surface area contributed by atoms with Crippen LogP contribution >= 0.6 is 0 Å². The molecule has 0 fully saturated rings. The van der Waals surface area contributed by atoms with Crippen LogP contribution in [0.1, 0.15) is 59.8 Å². The van der Waals surface area contributed by atoms with Crippen molar-refractivity contribution >= 4 is 0 Å². The average Bonchev–Trinajstić information content (AvgIpc) is 2.15. The minimum atomic E-state index is -0.559. The summed E-state index contributed by atoms with van der Waals surface area (Å²) in [7, 11) is 0. The minimum Gasteiger partial charge on any atom is -0.390 e. The molecular formula is C15H26O. The molecule has 0 spiro atoms. The molecule has 1 N–H and O–H groups in total. The van der Waals surface area contributed by atoms with Gasteiger partial charge in [-0.1, -0.05) is 23.3 Å². The largest absolute Gasteiger partial charge is 0.390 e. The van der Waals surface area contributed by atoms with Gasteiger partial charge in [0.1, 0.15) is 0 Å². The maximum Gasteiger partial charge on any atom is 0.0622 e. The van der Waals surface area contributed by atoms with Crippen LogP contribution in [0.2, 0.25) is 0 Å². The summed E-state index contributed by atoms with van der Waals surface area (Å²) < 4.78 is 0. The Morgan fingerprint density at radius 1 is 1.12 bits per heavy atom. The standard InChI is InChI=1S/C15H26O/c1-12-6-5-7-13(2)9-11-14(10-8-12)15(3,4)16/h6,9,14,16H,5,7-8,10-11H2,1-4H3/b12-6+,13-9+/t14-/m0/s1. The van der Waals surface area contributed by atoms with Gasteiger partial charge in [-0.3, -0.25) is 0 Å². The smallest absolute Gasteiger partial charge is 0.0622 e. The second kappa shape index (κ2) is 5.67. The third kappa shape index (κ3) is 4.52. The maximum atomic E-state index is 10.1. The van der Waals surface area contributed by atoms with E-state index in [4.69, 9.17) is 0 Å². The zero-order chi connectivity index (χ0) is 12.2. The lowest BCUT2D eigenvalue weighted by molar-refractivity contribution is 0.0145. The summed E-state index contributed by atoms with van der Waals surface area (Å²) in [4.78, 5) is 0. The van der Waals surface area contributed by atoms with Crippen molar-refractivity contribution in [3.63, 3.8) is 0 Å². The molecule has 92 valence electrons. The summed E-state index contributed by atoms with van der Waals surface area (Å²) in [6.45, 7) is 8.28. The quantitative estimate of drug-likeness (QED) is 0.658. The highest BCUT2D eigenvalue weighted by Gasteiger charge is 2.25. The molecule has 1 atom stereocenters. The molecule has 0 unspecified atom stereocenters. The summed E-state index contributed by atoms with van der Waals surface area (Å²) in [6.07, 6.45) is 10.2. The number of aliphatic hydroxyl groups is 1. The van der Waals surface area contributed by atoms with Gasteiger partial charge in [0.05, 0.1) is 5.60 Å². The summed E-state index contributed by atoms with van der Waals surface area (Å²) in [6, 6.07) is 0. The first-order valence-electron chi connectivity index (χ1n) is 6.43. The molecule has 0 aromatic carbocycles. The Balaban J connectivity index is 2.75. The van der Waals surface area contributed by atoms with E-state index in [1.165, 1.54) is 17.6 Å². The molecule has 0 aliphatic heterocycles.